The van der Waals surface area contributed by atoms with Crippen molar-refractivity contribution >= 4 is 5.69 Å². The van der Waals surface area contributed by atoms with Gasteiger partial charge in [0.2, 0.25) is 0 Å². The summed E-state index contributed by atoms with van der Waals surface area (Å²) in [5.74, 6) is 0. The average Bonchev–Trinajstić information content (AvgIpc) is 2.53. The van der Waals surface area contributed by atoms with Gasteiger partial charge in [0.15, 0.2) is 0 Å². The molecule has 21 heavy (non-hydrogen) atoms. The Hall–Kier alpha value is -1.06. The lowest BCUT2D eigenvalue weighted by atomic mass is 9.87. The zero-order chi connectivity index (χ0) is 15.1. The SMILES string of the molecule is CC(C)(CN)CCCCN1CCN(c2ccccc2)CC1. The molecule has 1 aromatic carbocycles. The Morgan fingerprint density at radius 2 is 1.67 bits per heavy atom. The summed E-state index contributed by atoms with van der Waals surface area (Å²) < 4.78 is 0. The minimum atomic E-state index is 0.312. The zero-order valence-electron chi connectivity index (χ0n) is 13.7. The number of nitrogens with zero attached hydrogens (tertiary/aromatic N) is 2. The van der Waals surface area contributed by atoms with Crippen molar-refractivity contribution in [3.63, 3.8) is 0 Å². The highest BCUT2D eigenvalue weighted by atomic mass is 15.3. The van der Waals surface area contributed by atoms with E-state index in [4.69, 9.17) is 5.73 Å². The molecule has 1 heterocycles. The molecule has 3 nitrogen and oxygen atoms in total. The number of rotatable bonds is 7. The second kappa shape index (κ2) is 7.81. The highest BCUT2D eigenvalue weighted by Crippen LogP contribution is 2.21. The quantitative estimate of drug-likeness (QED) is 0.783. The first-order valence-corrected chi connectivity index (χ1v) is 8.33. The highest BCUT2D eigenvalue weighted by molar-refractivity contribution is 5.46. The van der Waals surface area contributed by atoms with Crippen LogP contribution in [0.4, 0.5) is 5.69 Å². The molecule has 2 rings (SSSR count). The van der Waals surface area contributed by atoms with E-state index < -0.39 is 0 Å². The molecule has 1 aliphatic rings. The fraction of sp³-hybridized carbons (Fsp3) is 0.667. The first-order chi connectivity index (χ1) is 10.1. The van der Waals surface area contributed by atoms with Crippen LogP contribution < -0.4 is 10.6 Å². The van der Waals surface area contributed by atoms with Crippen LogP contribution in [0.5, 0.6) is 0 Å². The van der Waals surface area contributed by atoms with Gasteiger partial charge in [-0.25, -0.2) is 0 Å². The fourth-order valence-electron chi connectivity index (χ4n) is 2.91. The van der Waals surface area contributed by atoms with Crippen molar-refractivity contribution in [1.82, 2.24) is 4.90 Å². The Balaban J connectivity index is 1.63. The number of unbranched alkanes of at least 4 members (excludes halogenated alkanes) is 1. The Bertz CT molecular complexity index is 394. The van der Waals surface area contributed by atoms with Gasteiger partial charge < -0.3 is 10.6 Å². The Morgan fingerprint density at radius 3 is 2.29 bits per heavy atom. The molecule has 0 radical (unpaired) electrons. The molecule has 0 amide bonds. The molecular weight excluding hydrogens is 258 g/mol. The lowest BCUT2D eigenvalue weighted by Crippen LogP contribution is -2.46. The number of nitrogens with two attached hydrogens (primary N) is 1. The van der Waals surface area contributed by atoms with Gasteiger partial charge in [0.1, 0.15) is 0 Å². The maximum absolute atomic E-state index is 5.79. The minimum Gasteiger partial charge on any atom is -0.369 e. The molecule has 0 saturated carbocycles. The summed E-state index contributed by atoms with van der Waals surface area (Å²) in [4.78, 5) is 5.10. The lowest BCUT2D eigenvalue weighted by Gasteiger charge is -2.36. The molecule has 0 bridgehead atoms. The molecule has 1 fully saturated rings. The van der Waals surface area contributed by atoms with E-state index in [9.17, 15) is 0 Å². The predicted molar refractivity (Wildman–Crippen MR) is 91.8 cm³/mol. The van der Waals surface area contributed by atoms with Crippen LogP contribution in [0.25, 0.3) is 0 Å². The van der Waals surface area contributed by atoms with Crippen LogP contribution in [0.1, 0.15) is 33.1 Å². The summed E-state index contributed by atoms with van der Waals surface area (Å²) in [6.45, 7) is 11.3. The Kier molecular flexibility index (Phi) is 6.07. The van der Waals surface area contributed by atoms with Crippen molar-refractivity contribution in [1.29, 1.82) is 0 Å². The van der Waals surface area contributed by atoms with E-state index in [0.717, 1.165) is 19.6 Å². The predicted octanol–water partition coefficient (Wildman–Crippen LogP) is 2.96. The molecular formula is C18H31N3. The molecule has 1 saturated heterocycles. The molecule has 0 aliphatic carbocycles. The van der Waals surface area contributed by atoms with Gasteiger partial charge in [0, 0.05) is 31.9 Å². The van der Waals surface area contributed by atoms with Gasteiger partial charge in [-0.15, -0.1) is 0 Å². The monoisotopic (exact) mass is 289 g/mol. The van der Waals surface area contributed by atoms with Crippen molar-refractivity contribution in [2.45, 2.75) is 33.1 Å². The highest BCUT2D eigenvalue weighted by Gasteiger charge is 2.18. The molecule has 2 N–H and O–H groups in total. The van der Waals surface area contributed by atoms with E-state index >= 15 is 0 Å². The smallest absolute Gasteiger partial charge is 0.0367 e. The van der Waals surface area contributed by atoms with Gasteiger partial charge >= 0.3 is 0 Å². The zero-order valence-corrected chi connectivity index (χ0v) is 13.7. The van der Waals surface area contributed by atoms with Crippen LogP contribution in [0, 0.1) is 5.41 Å². The van der Waals surface area contributed by atoms with Gasteiger partial charge in [-0.2, -0.15) is 0 Å². The van der Waals surface area contributed by atoms with Crippen molar-refractivity contribution < 1.29 is 0 Å². The standard InChI is InChI=1S/C18H31N3/c1-18(2,16-19)10-6-7-11-20-12-14-21(15-13-20)17-8-4-3-5-9-17/h3-5,8-9H,6-7,10-16,19H2,1-2H3. The van der Waals surface area contributed by atoms with Crippen molar-refractivity contribution in [3.8, 4) is 0 Å². The van der Waals surface area contributed by atoms with E-state index in [-0.39, 0.29) is 0 Å². The Morgan fingerprint density at radius 1 is 1.00 bits per heavy atom. The summed E-state index contributed by atoms with van der Waals surface area (Å²) in [5, 5.41) is 0. The summed E-state index contributed by atoms with van der Waals surface area (Å²) >= 11 is 0. The number of benzene rings is 1. The maximum atomic E-state index is 5.79. The van der Waals surface area contributed by atoms with E-state index in [1.54, 1.807) is 0 Å². The number of anilines is 1. The molecule has 0 atom stereocenters. The average molecular weight is 289 g/mol. The summed E-state index contributed by atoms with van der Waals surface area (Å²) in [5.41, 5.74) is 7.46. The van der Waals surface area contributed by atoms with Crippen molar-refractivity contribution in [2.24, 2.45) is 11.1 Å². The third-order valence-electron chi connectivity index (χ3n) is 4.62. The normalized spacial score (nSPS) is 17.2. The number of piperazine rings is 1. The van der Waals surface area contributed by atoms with Crippen LogP contribution in [0.2, 0.25) is 0 Å². The number of hydrogen-bond acceptors (Lipinski definition) is 3. The summed E-state index contributed by atoms with van der Waals surface area (Å²) in [7, 11) is 0. The summed E-state index contributed by atoms with van der Waals surface area (Å²) in [6.07, 6.45) is 3.84. The molecule has 3 heteroatoms. The first kappa shape index (κ1) is 16.3. The number of hydrogen-bond donors (Lipinski definition) is 1. The van der Waals surface area contributed by atoms with E-state index in [1.807, 2.05) is 0 Å². The van der Waals surface area contributed by atoms with Gasteiger partial charge in [0.25, 0.3) is 0 Å². The van der Waals surface area contributed by atoms with Crippen LogP contribution in [-0.2, 0) is 0 Å². The molecule has 0 unspecified atom stereocenters. The first-order valence-electron chi connectivity index (χ1n) is 8.33. The molecule has 118 valence electrons. The largest absolute Gasteiger partial charge is 0.369 e. The second-order valence-electron chi connectivity index (χ2n) is 6.99. The topological polar surface area (TPSA) is 32.5 Å². The third-order valence-corrected chi connectivity index (χ3v) is 4.62. The maximum Gasteiger partial charge on any atom is 0.0367 e. The third kappa shape index (κ3) is 5.33. The van der Waals surface area contributed by atoms with Gasteiger partial charge in [-0.1, -0.05) is 38.5 Å². The fourth-order valence-corrected chi connectivity index (χ4v) is 2.91. The van der Waals surface area contributed by atoms with Gasteiger partial charge in [-0.3, -0.25) is 4.90 Å². The van der Waals surface area contributed by atoms with Crippen LogP contribution >= 0.6 is 0 Å². The van der Waals surface area contributed by atoms with E-state index in [1.165, 1.54) is 44.6 Å². The number of para-hydroxylation sites is 1. The second-order valence-corrected chi connectivity index (χ2v) is 6.99. The summed E-state index contributed by atoms with van der Waals surface area (Å²) in [6, 6.07) is 10.8. The van der Waals surface area contributed by atoms with Gasteiger partial charge in [-0.05, 0) is 43.5 Å². The van der Waals surface area contributed by atoms with E-state index in [0.29, 0.717) is 5.41 Å². The van der Waals surface area contributed by atoms with Crippen LogP contribution in [0.15, 0.2) is 30.3 Å². The lowest BCUT2D eigenvalue weighted by molar-refractivity contribution is 0.243. The molecule has 0 aromatic heterocycles. The van der Waals surface area contributed by atoms with Crippen molar-refractivity contribution in [2.75, 3.05) is 44.2 Å². The molecule has 0 spiro atoms. The van der Waals surface area contributed by atoms with Crippen molar-refractivity contribution in [3.05, 3.63) is 30.3 Å². The van der Waals surface area contributed by atoms with E-state index in [2.05, 4.69) is 54.0 Å². The minimum absolute atomic E-state index is 0.312. The van der Waals surface area contributed by atoms with Crippen LogP contribution in [0.3, 0.4) is 0 Å². The van der Waals surface area contributed by atoms with Crippen LogP contribution in [-0.4, -0.2) is 44.2 Å². The van der Waals surface area contributed by atoms with Gasteiger partial charge in [0.05, 0.1) is 0 Å². The molecule has 1 aliphatic heterocycles. The Labute approximate surface area is 130 Å². The molecule has 1 aromatic rings.